The van der Waals surface area contributed by atoms with Gasteiger partial charge in [0.25, 0.3) is 0 Å². The van der Waals surface area contributed by atoms with Crippen LogP contribution in [0.5, 0.6) is 0 Å². The maximum Gasteiger partial charge on any atom is 0.326 e. The van der Waals surface area contributed by atoms with E-state index >= 15 is 0 Å². The van der Waals surface area contributed by atoms with Crippen molar-refractivity contribution in [2.45, 2.75) is 24.3 Å². The van der Waals surface area contributed by atoms with Crippen LogP contribution in [0.25, 0.3) is 0 Å². The number of amides is 1. The molecule has 0 unspecified atom stereocenters. The van der Waals surface area contributed by atoms with Gasteiger partial charge in [-0.15, -0.1) is 0 Å². The summed E-state index contributed by atoms with van der Waals surface area (Å²) in [4.78, 5) is 21.7. The molecule has 8 heteroatoms. The van der Waals surface area contributed by atoms with E-state index < -0.39 is 27.9 Å². The van der Waals surface area contributed by atoms with Crippen LogP contribution in [0, 0.1) is 0 Å². The van der Waals surface area contributed by atoms with E-state index in [2.05, 4.69) is 5.32 Å². The first kappa shape index (κ1) is 15.1. The molecular weight excluding hydrogens is 272 g/mol. The Morgan fingerprint density at radius 3 is 2.21 bits per heavy atom. The summed E-state index contributed by atoms with van der Waals surface area (Å²) in [5, 5.41) is 16.2. The third-order valence-corrected chi connectivity index (χ3v) is 3.30. The van der Waals surface area contributed by atoms with E-state index in [1.807, 2.05) is 0 Å². The number of carbonyl (C=O) groups is 2. The van der Waals surface area contributed by atoms with Crippen molar-refractivity contribution in [1.29, 1.82) is 0 Å². The summed E-state index contributed by atoms with van der Waals surface area (Å²) in [6.45, 7) is 1.22. The van der Waals surface area contributed by atoms with E-state index in [4.69, 9.17) is 10.2 Å². The van der Waals surface area contributed by atoms with Crippen LogP contribution >= 0.6 is 0 Å². The van der Waals surface area contributed by atoms with E-state index in [9.17, 15) is 18.0 Å². The molecule has 19 heavy (non-hydrogen) atoms. The number of carboxylic acid groups (broad SMARTS) is 1. The van der Waals surface area contributed by atoms with Gasteiger partial charge in [-0.05, 0) is 17.7 Å². The molecule has 0 fully saturated rings. The highest BCUT2D eigenvalue weighted by molar-refractivity contribution is 7.89. The molecule has 0 heterocycles. The fourth-order valence-corrected chi connectivity index (χ4v) is 2.01. The predicted octanol–water partition coefficient (Wildman–Crippen LogP) is -0.534. The molecule has 0 saturated heterocycles. The van der Waals surface area contributed by atoms with Gasteiger partial charge in [0, 0.05) is 13.3 Å². The molecule has 7 nitrogen and oxygen atoms in total. The molecule has 0 radical (unpaired) electrons. The second-order valence-corrected chi connectivity index (χ2v) is 5.55. The molecular formula is C11H14N2O5S. The van der Waals surface area contributed by atoms with E-state index in [1.54, 1.807) is 0 Å². The van der Waals surface area contributed by atoms with Gasteiger partial charge >= 0.3 is 5.97 Å². The van der Waals surface area contributed by atoms with Crippen LogP contribution in [-0.4, -0.2) is 31.4 Å². The van der Waals surface area contributed by atoms with Gasteiger partial charge in [0.05, 0.1) is 4.90 Å². The summed E-state index contributed by atoms with van der Waals surface area (Å²) in [6.07, 6.45) is 0.0554. The number of sulfonamides is 1. The average Bonchev–Trinajstić information content (AvgIpc) is 2.27. The van der Waals surface area contributed by atoms with E-state index in [0.717, 1.165) is 0 Å². The van der Waals surface area contributed by atoms with Crippen LogP contribution < -0.4 is 10.5 Å². The zero-order chi connectivity index (χ0) is 14.6. The highest BCUT2D eigenvalue weighted by atomic mass is 32.2. The second-order valence-electron chi connectivity index (χ2n) is 3.98. The SMILES string of the molecule is CC(=O)N[C@@H](Cc1ccc(S(N)(=O)=O)cc1)C(=O)O. The average molecular weight is 286 g/mol. The van der Waals surface area contributed by atoms with E-state index in [-0.39, 0.29) is 11.3 Å². The summed E-state index contributed by atoms with van der Waals surface area (Å²) in [5.74, 6) is -1.61. The number of hydrogen-bond acceptors (Lipinski definition) is 4. The van der Waals surface area contributed by atoms with Gasteiger partial charge in [-0.3, -0.25) is 4.79 Å². The normalized spacial score (nSPS) is 12.7. The van der Waals surface area contributed by atoms with E-state index in [1.165, 1.54) is 31.2 Å². The molecule has 1 atom stereocenters. The summed E-state index contributed by atoms with van der Waals surface area (Å²) < 4.78 is 22.1. The lowest BCUT2D eigenvalue weighted by Crippen LogP contribution is -2.41. The number of nitrogens with one attached hydrogen (secondary N) is 1. The van der Waals surface area contributed by atoms with Crippen LogP contribution in [0.2, 0.25) is 0 Å². The van der Waals surface area contributed by atoms with Crippen molar-refractivity contribution in [2.75, 3.05) is 0 Å². The highest BCUT2D eigenvalue weighted by Gasteiger charge is 2.19. The Bertz CT molecular complexity index is 580. The number of primary sulfonamides is 1. The number of carbonyl (C=O) groups excluding carboxylic acids is 1. The first-order chi connectivity index (χ1) is 8.70. The number of hydrogen-bond donors (Lipinski definition) is 3. The van der Waals surface area contributed by atoms with Gasteiger partial charge in [0.15, 0.2) is 0 Å². The number of benzene rings is 1. The van der Waals surface area contributed by atoms with Crippen molar-refractivity contribution in [3.8, 4) is 0 Å². The topological polar surface area (TPSA) is 127 Å². The molecule has 1 rings (SSSR count). The zero-order valence-corrected chi connectivity index (χ0v) is 11.0. The lowest BCUT2D eigenvalue weighted by molar-refractivity contribution is -0.141. The minimum atomic E-state index is -3.77. The zero-order valence-electron chi connectivity index (χ0n) is 10.2. The third-order valence-electron chi connectivity index (χ3n) is 2.37. The molecule has 0 aliphatic heterocycles. The summed E-state index contributed by atoms with van der Waals surface area (Å²) in [5.41, 5.74) is 0.577. The van der Waals surface area contributed by atoms with Crippen molar-refractivity contribution in [3.63, 3.8) is 0 Å². The van der Waals surface area contributed by atoms with Gasteiger partial charge < -0.3 is 10.4 Å². The van der Waals surface area contributed by atoms with Gasteiger partial charge in [-0.1, -0.05) is 12.1 Å². The maximum atomic E-state index is 11.0. The van der Waals surface area contributed by atoms with Crippen molar-refractivity contribution < 1.29 is 23.1 Å². The number of nitrogens with two attached hydrogens (primary N) is 1. The Kier molecular flexibility index (Phi) is 4.62. The summed E-state index contributed by atoms with van der Waals surface area (Å²) >= 11 is 0. The molecule has 4 N–H and O–H groups in total. The summed E-state index contributed by atoms with van der Waals surface area (Å²) in [6, 6.07) is 4.43. The van der Waals surface area contributed by atoms with Crippen molar-refractivity contribution >= 4 is 21.9 Å². The first-order valence-corrected chi connectivity index (χ1v) is 6.86. The minimum Gasteiger partial charge on any atom is -0.480 e. The molecule has 0 aliphatic carbocycles. The molecule has 0 bridgehead atoms. The van der Waals surface area contributed by atoms with Crippen LogP contribution in [0.1, 0.15) is 12.5 Å². The van der Waals surface area contributed by atoms with E-state index in [0.29, 0.717) is 5.56 Å². The smallest absolute Gasteiger partial charge is 0.326 e. The predicted molar refractivity (Wildman–Crippen MR) is 66.8 cm³/mol. The Balaban J connectivity index is 2.87. The van der Waals surface area contributed by atoms with Crippen molar-refractivity contribution in [3.05, 3.63) is 29.8 Å². The van der Waals surface area contributed by atoms with Gasteiger partial charge in [0.1, 0.15) is 6.04 Å². The molecule has 104 valence electrons. The van der Waals surface area contributed by atoms with Crippen LogP contribution in [-0.2, 0) is 26.0 Å². The minimum absolute atomic E-state index is 0.0531. The van der Waals surface area contributed by atoms with Crippen molar-refractivity contribution in [1.82, 2.24) is 5.32 Å². The van der Waals surface area contributed by atoms with Crippen LogP contribution in [0.15, 0.2) is 29.2 Å². The van der Waals surface area contributed by atoms with Gasteiger partial charge in [-0.2, -0.15) is 0 Å². The lowest BCUT2D eigenvalue weighted by Gasteiger charge is -2.13. The van der Waals surface area contributed by atoms with Gasteiger partial charge in [0.2, 0.25) is 15.9 Å². The Morgan fingerprint density at radius 2 is 1.84 bits per heavy atom. The maximum absolute atomic E-state index is 11.0. The van der Waals surface area contributed by atoms with Crippen LogP contribution in [0.4, 0.5) is 0 Å². The molecule has 0 spiro atoms. The van der Waals surface area contributed by atoms with Crippen molar-refractivity contribution in [2.24, 2.45) is 5.14 Å². The quantitative estimate of drug-likeness (QED) is 0.670. The monoisotopic (exact) mass is 286 g/mol. The lowest BCUT2D eigenvalue weighted by atomic mass is 10.1. The molecule has 0 aliphatic rings. The fourth-order valence-electron chi connectivity index (χ4n) is 1.50. The molecule has 1 aromatic rings. The Morgan fingerprint density at radius 1 is 1.32 bits per heavy atom. The molecule has 1 amide bonds. The van der Waals surface area contributed by atoms with Crippen LogP contribution in [0.3, 0.4) is 0 Å². The second kappa shape index (κ2) is 5.81. The molecule has 0 aromatic heterocycles. The summed E-state index contributed by atoms with van der Waals surface area (Å²) in [7, 11) is -3.77. The van der Waals surface area contributed by atoms with Gasteiger partial charge in [-0.25, -0.2) is 18.4 Å². The number of rotatable bonds is 5. The number of aliphatic carboxylic acids is 1. The Labute approximate surface area is 110 Å². The molecule has 1 aromatic carbocycles. The fraction of sp³-hybridized carbons (Fsp3) is 0.273. The number of carboxylic acids is 1. The first-order valence-electron chi connectivity index (χ1n) is 5.32. The largest absolute Gasteiger partial charge is 0.480 e. The molecule has 0 saturated carbocycles. The standard InChI is InChI=1S/C11H14N2O5S/c1-7(14)13-10(11(15)16)6-8-2-4-9(5-3-8)19(12,17)18/h2-5,10H,6H2,1H3,(H,13,14)(H,15,16)(H2,12,17,18)/t10-/m0/s1. The highest BCUT2D eigenvalue weighted by Crippen LogP contribution is 2.10. The third kappa shape index (κ3) is 4.68. The Hall–Kier alpha value is -1.93.